The monoisotopic (exact) mass is 434 g/mol. The molecular formula is C20H20F2N4O3S. The van der Waals surface area contributed by atoms with E-state index in [0.717, 1.165) is 24.8 Å². The molecular weight excluding hydrogens is 414 g/mol. The van der Waals surface area contributed by atoms with Crippen LogP contribution in [0.15, 0.2) is 46.0 Å². The van der Waals surface area contributed by atoms with Crippen molar-refractivity contribution in [3.05, 3.63) is 53.9 Å². The minimum Gasteiger partial charge on any atom is -0.415 e. The van der Waals surface area contributed by atoms with Gasteiger partial charge in [0.25, 0.3) is 11.8 Å². The maximum atomic E-state index is 12.9. The molecule has 0 saturated heterocycles. The molecule has 0 unspecified atom stereocenters. The van der Waals surface area contributed by atoms with Gasteiger partial charge in [-0.3, -0.25) is 0 Å². The van der Waals surface area contributed by atoms with Crippen LogP contribution in [0.25, 0.3) is 11.5 Å². The molecule has 1 aromatic carbocycles. The largest absolute Gasteiger partial charge is 0.415 e. The van der Waals surface area contributed by atoms with Crippen molar-refractivity contribution in [3.8, 4) is 11.5 Å². The Labute approximate surface area is 172 Å². The molecule has 0 bridgehead atoms. The molecule has 0 spiro atoms. The van der Waals surface area contributed by atoms with Crippen molar-refractivity contribution in [2.24, 2.45) is 5.41 Å². The highest BCUT2D eigenvalue weighted by Gasteiger charge is 2.42. The summed E-state index contributed by atoms with van der Waals surface area (Å²) in [7, 11) is -3.43. The lowest BCUT2D eigenvalue weighted by molar-refractivity contribution is 0.116. The molecule has 4 rings (SSSR count). The second kappa shape index (κ2) is 7.82. The van der Waals surface area contributed by atoms with Gasteiger partial charge in [0, 0.05) is 18.8 Å². The van der Waals surface area contributed by atoms with Crippen molar-refractivity contribution < 1.29 is 21.6 Å². The zero-order valence-electron chi connectivity index (χ0n) is 16.3. The van der Waals surface area contributed by atoms with Gasteiger partial charge in [-0.25, -0.2) is 18.4 Å². The summed E-state index contributed by atoms with van der Waals surface area (Å²) in [5, 5.41) is 6.85. The number of nitrogens with zero attached hydrogens (tertiary/aromatic N) is 4. The first kappa shape index (κ1) is 20.5. The molecule has 158 valence electrons. The molecule has 1 aliphatic carbocycles. The number of aryl methyl sites for hydroxylation is 1. The van der Waals surface area contributed by atoms with E-state index in [4.69, 9.17) is 4.42 Å². The first-order valence-corrected chi connectivity index (χ1v) is 11.1. The molecule has 2 heterocycles. The summed E-state index contributed by atoms with van der Waals surface area (Å²) in [6, 6.07) is 6.86. The number of hydrogen-bond acceptors (Lipinski definition) is 7. The third-order valence-corrected chi connectivity index (χ3v) is 7.39. The minimum atomic E-state index is -3.43. The van der Waals surface area contributed by atoms with E-state index in [1.807, 2.05) is 6.92 Å². The zero-order chi connectivity index (χ0) is 21.4. The molecule has 0 atom stereocenters. The maximum absolute atomic E-state index is 12.9. The summed E-state index contributed by atoms with van der Waals surface area (Å²) in [5.41, 5.74) is 0.925. The highest BCUT2D eigenvalue weighted by Crippen LogP contribution is 2.45. The summed E-state index contributed by atoms with van der Waals surface area (Å²) in [5.74, 6) is -0.317. The maximum Gasteiger partial charge on any atom is 0.314 e. The predicted molar refractivity (Wildman–Crippen MR) is 104 cm³/mol. The van der Waals surface area contributed by atoms with E-state index in [1.165, 1.54) is 12.4 Å². The van der Waals surface area contributed by atoms with Gasteiger partial charge in [-0.05, 0) is 37.3 Å². The lowest BCUT2D eigenvalue weighted by Crippen LogP contribution is -2.39. The molecule has 10 heteroatoms. The summed E-state index contributed by atoms with van der Waals surface area (Å²) >= 11 is 0. The predicted octanol–water partition coefficient (Wildman–Crippen LogP) is 3.96. The van der Waals surface area contributed by atoms with Crippen LogP contribution in [0.1, 0.15) is 43.0 Å². The van der Waals surface area contributed by atoms with Crippen LogP contribution in [0.3, 0.4) is 0 Å². The normalized spacial score (nSPS) is 15.9. The number of sulfone groups is 1. The number of hydrogen-bond donors (Lipinski definition) is 0. The van der Waals surface area contributed by atoms with Crippen molar-refractivity contribution in [3.63, 3.8) is 0 Å². The van der Waals surface area contributed by atoms with E-state index in [0.29, 0.717) is 22.7 Å². The van der Waals surface area contributed by atoms with Crippen LogP contribution in [-0.2, 0) is 16.3 Å². The average molecular weight is 434 g/mol. The summed E-state index contributed by atoms with van der Waals surface area (Å²) in [4.78, 5) is 8.86. The highest BCUT2D eigenvalue weighted by atomic mass is 32.2. The van der Waals surface area contributed by atoms with Gasteiger partial charge in [-0.15, -0.1) is 10.2 Å². The molecule has 30 heavy (non-hydrogen) atoms. The van der Waals surface area contributed by atoms with E-state index in [2.05, 4.69) is 20.2 Å². The number of rotatable bonds is 7. The Bertz CT molecular complexity index is 1130. The fourth-order valence-corrected chi connectivity index (χ4v) is 5.53. The first-order chi connectivity index (χ1) is 14.3. The number of aromatic nitrogens is 4. The van der Waals surface area contributed by atoms with E-state index in [1.54, 1.807) is 24.3 Å². The van der Waals surface area contributed by atoms with E-state index >= 15 is 0 Å². The molecule has 2 aromatic heterocycles. The van der Waals surface area contributed by atoms with Gasteiger partial charge in [0.2, 0.25) is 0 Å². The second-order valence-corrected chi connectivity index (χ2v) is 9.73. The SMILES string of the molecule is Cc1ccc(S(=O)(=O)CC2(Cc3ncc(-c4nnc(C(F)F)o4)cn3)CCC2)cc1. The molecule has 1 aliphatic rings. The fourth-order valence-electron chi connectivity index (χ4n) is 3.61. The van der Waals surface area contributed by atoms with Crippen LogP contribution in [0.4, 0.5) is 8.78 Å². The van der Waals surface area contributed by atoms with Crippen molar-refractivity contribution in [1.82, 2.24) is 20.2 Å². The molecule has 0 aliphatic heterocycles. The lowest BCUT2D eigenvalue weighted by Gasteiger charge is -2.41. The fraction of sp³-hybridized carbons (Fsp3) is 0.400. The van der Waals surface area contributed by atoms with E-state index < -0.39 is 27.6 Å². The van der Waals surface area contributed by atoms with E-state index in [-0.39, 0.29) is 11.6 Å². The van der Waals surface area contributed by atoms with Gasteiger partial charge in [-0.2, -0.15) is 8.78 Å². The Balaban J connectivity index is 1.49. The van der Waals surface area contributed by atoms with Crippen LogP contribution in [-0.4, -0.2) is 34.3 Å². The van der Waals surface area contributed by atoms with Gasteiger partial charge in [0.15, 0.2) is 9.84 Å². The molecule has 1 fully saturated rings. The number of alkyl halides is 2. The number of halogens is 2. The van der Waals surface area contributed by atoms with Crippen LogP contribution in [0.5, 0.6) is 0 Å². The number of benzene rings is 1. The van der Waals surface area contributed by atoms with Gasteiger partial charge < -0.3 is 4.42 Å². The molecule has 0 amide bonds. The van der Waals surface area contributed by atoms with Crippen molar-refractivity contribution >= 4 is 9.84 Å². The van der Waals surface area contributed by atoms with Crippen LogP contribution < -0.4 is 0 Å². The second-order valence-electron chi connectivity index (χ2n) is 7.74. The Morgan fingerprint density at radius 2 is 1.77 bits per heavy atom. The average Bonchev–Trinajstić information content (AvgIpc) is 3.17. The van der Waals surface area contributed by atoms with Crippen molar-refractivity contribution in [2.45, 2.75) is 43.9 Å². The van der Waals surface area contributed by atoms with Gasteiger partial charge in [0.05, 0.1) is 16.2 Å². The highest BCUT2D eigenvalue weighted by molar-refractivity contribution is 7.91. The Morgan fingerprint density at radius 3 is 2.30 bits per heavy atom. The molecule has 1 saturated carbocycles. The van der Waals surface area contributed by atoms with Gasteiger partial charge in [-0.1, -0.05) is 24.1 Å². The Hall–Kier alpha value is -2.75. The van der Waals surface area contributed by atoms with Crippen LogP contribution in [0, 0.1) is 12.3 Å². The third-order valence-electron chi connectivity index (χ3n) is 5.40. The lowest BCUT2D eigenvalue weighted by atomic mass is 9.68. The molecule has 3 aromatic rings. The molecule has 0 radical (unpaired) electrons. The minimum absolute atomic E-state index is 0.0373. The molecule has 0 N–H and O–H groups in total. The molecule has 7 nitrogen and oxygen atoms in total. The summed E-state index contributed by atoms with van der Waals surface area (Å²) in [6.45, 7) is 1.91. The van der Waals surface area contributed by atoms with Crippen molar-refractivity contribution in [2.75, 3.05) is 5.75 Å². The van der Waals surface area contributed by atoms with Crippen LogP contribution >= 0.6 is 0 Å². The Morgan fingerprint density at radius 1 is 1.10 bits per heavy atom. The third kappa shape index (κ3) is 4.23. The van der Waals surface area contributed by atoms with Crippen molar-refractivity contribution in [1.29, 1.82) is 0 Å². The quantitative estimate of drug-likeness (QED) is 0.555. The van der Waals surface area contributed by atoms with Gasteiger partial charge in [0.1, 0.15) is 5.82 Å². The zero-order valence-corrected chi connectivity index (χ0v) is 17.1. The summed E-state index contributed by atoms with van der Waals surface area (Å²) in [6.07, 6.45) is 2.94. The smallest absolute Gasteiger partial charge is 0.314 e. The topological polar surface area (TPSA) is 98.8 Å². The van der Waals surface area contributed by atoms with E-state index in [9.17, 15) is 17.2 Å². The van der Waals surface area contributed by atoms with Crippen LogP contribution in [0.2, 0.25) is 0 Å². The van der Waals surface area contributed by atoms with Gasteiger partial charge >= 0.3 is 6.43 Å². The summed E-state index contributed by atoms with van der Waals surface area (Å²) < 4.78 is 55.9. The standard InChI is InChI=1S/C20H20F2N4O3S/c1-13-3-5-15(6-4-13)30(27,28)12-20(7-2-8-20)9-16-23-10-14(11-24-16)18-25-26-19(29-18)17(21)22/h3-6,10-11,17H,2,7-9,12H2,1H3. The first-order valence-electron chi connectivity index (χ1n) is 9.49. The Kier molecular flexibility index (Phi) is 5.35.